The summed E-state index contributed by atoms with van der Waals surface area (Å²) in [6, 6.07) is 9.40. The molecule has 8 heteroatoms. The number of benzene rings is 1. The third-order valence-corrected chi connectivity index (χ3v) is 5.85. The molecule has 2 aromatic heterocycles. The first-order valence-corrected chi connectivity index (χ1v) is 10.2. The van der Waals surface area contributed by atoms with Crippen LogP contribution < -0.4 is 5.56 Å². The van der Waals surface area contributed by atoms with Gasteiger partial charge in [-0.05, 0) is 43.5 Å². The molecule has 0 saturated heterocycles. The fourth-order valence-corrected chi connectivity index (χ4v) is 4.23. The minimum absolute atomic E-state index is 0.214. The summed E-state index contributed by atoms with van der Waals surface area (Å²) in [5.74, 6) is 0.0932. The van der Waals surface area contributed by atoms with Crippen molar-refractivity contribution in [3.05, 3.63) is 62.5 Å². The van der Waals surface area contributed by atoms with E-state index >= 15 is 0 Å². The Morgan fingerprint density at radius 3 is 2.64 bits per heavy atom. The minimum Gasteiger partial charge on any atom is -0.465 e. The maximum absolute atomic E-state index is 12.8. The van der Waals surface area contributed by atoms with Crippen LogP contribution in [-0.4, -0.2) is 27.6 Å². The Bertz CT molecular complexity index is 1120. The average molecular weight is 416 g/mol. The summed E-state index contributed by atoms with van der Waals surface area (Å²) < 4.78 is 6.85. The van der Waals surface area contributed by atoms with Gasteiger partial charge in [0.2, 0.25) is 0 Å². The van der Waals surface area contributed by atoms with Crippen molar-refractivity contribution in [2.75, 3.05) is 7.11 Å². The molecule has 0 amide bonds. The molecular weight excluding hydrogens is 398 g/mol. The van der Waals surface area contributed by atoms with Crippen LogP contribution in [0.3, 0.4) is 0 Å². The lowest BCUT2D eigenvalue weighted by Gasteiger charge is -2.15. The number of thioether (sulfide) groups is 1. The molecule has 0 spiro atoms. The first-order valence-electron chi connectivity index (χ1n) is 8.87. The molecule has 0 aliphatic heterocycles. The summed E-state index contributed by atoms with van der Waals surface area (Å²) in [5.41, 5.74) is 1.99. The fraction of sp³-hybridized carbons (Fsp3) is 0.300. The third kappa shape index (κ3) is 3.64. The van der Waals surface area contributed by atoms with Crippen molar-refractivity contribution in [3.8, 4) is 0 Å². The number of aromatic nitrogens is 3. The number of pyridine rings is 1. The SMILES string of the molecule is COC(=O)c1cc(C)nc2c1c(=O)nc(SCc1ccc(Cl)cc1)n2C1CC1. The molecular formula is C20H18ClN3O3S. The summed E-state index contributed by atoms with van der Waals surface area (Å²) >= 11 is 7.43. The van der Waals surface area contributed by atoms with Crippen LogP contribution in [-0.2, 0) is 10.5 Å². The summed E-state index contributed by atoms with van der Waals surface area (Å²) in [6.07, 6.45) is 1.99. The predicted molar refractivity (Wildman–Crippen MR) is 109 cm³/mol. The average Bonchev–Trinajstić information content (AvgIpc) is 3.51. The first kappa shape index (κ1) is 19.0. The lowest BCUT2D eigenvalue weighted by atomic mass is 10.1. The molecule has 0 radical (unpaired) electrons. The van der Waals surface area contributed by atoms with Crippen molar-refractivity contribution in [2.45, 2.75) is 36.7 Å². The van der Waals surface area contributed by atoms with Gasteiger partial charge in [0.05, 0.1) is 18.1 Å². The Hall–Kier alpha value is -2.38. The molecule has 2 heterocycles. The molecule has 1 fully saturated rings. The normalized spacial score (nSPS) is 13.7. The van der Waals surface area contributed by atoms with Crippen molar-refractivity contribution in [1.29, 1.82) is 0 Å². The van der Waals surface area contributed by atoms with Crippen molar-refractivity contribution >= 4 is 40.4 Å². The molecule has 1 aromatic carbocycles. The monoisotopic (exact) mass is 415 g/mol. The number of hydrogen-bond donors (Lipinski definition) is 0. The van der Waals surface area contributed by atoms with Gasteiger partial charge in [-0.1, -0.05) is 35.5 Å². The largest absolute Gasteiger partial charge is 0.465 e. The number of halogens is 1. The zero-order valence-corrected chi connectivity index (χ0v) is 17.0. The molecule has 6 nitrogen and oxygen atoms in total. The van der Waals surface area contributed by atoms with E-state index in [4.69, 9.17) is 16.3 Å². The molecule has 0 atom stereocenters. The highest BCUT2D eigenvalue weighted by Gasteiger charge is 2.30. The smallest absolute Gasteiger partial charge is 0.338 e. The van der Waals surface area contributed by atoms with Gasteiger partial charge in [0.1, 0.15) is 5.65 Å². The molecule has 4 rings (SSSR count). The zero-order valence-electron chi connectivity index (χ0n) is 15.4. The van der Waals surface area contributed by atoms with Crippen LogP contribution in [0.25, 0.3) is 11.0 Å². The Kier molecular flexibility index (Phi) is 5.12. The molecule has 1 aliphatic carbocycles. The Balaban J connectivity index is 1.83. The van der Waals surface area contributed by atoms with E-state index in [0.29, 0.717) is 27.3 Å². The number of esters is 1. The van der Waals surface area contributed by atoms with Crippen LogP contribution in [0.2, 0.25) is 5.02 Å². The molecule has 1 aliphatic rings. The number of fused-ring (bicyclic) bond motifs is 1. The van der Waals surface area contributed by atoms with Crippen LogP contribution in [0.15, 0.2) is 40.3 Å². The van der Waals surface area contributed by atoms with Gasteiger partial charge in [0.25, 0.3) is 5.56 Å². The minimum atomic E-state index is -0.557. The van der Waals surface area contributed by atoms with E-state index in [0.717, 1.165) is 18.4 Å². The molecule has 1 saturated carbocycles. The van der Waals surface area contributed by atoms with E-state index in [-0.39, 0.29) is 17.0 Å². The van der Waals surface area contributed by atoms with E-state index in [1.807, 2.05) is 28.8 Å². The Morgan fingerprint density at radius 2 is 2.00 bits per heavy atom. The van der Waals surface area contributed by atoms with Crippen LogP contribution in [0.5, 0.6) is 0 Å². The number of hydrogen-bond acceptors (Lipinski definition) is 6. The Morgan fingerprint density at radius 1 is 1.29 bits per heavy atom. The maximum atomic E-state index is 12.8. The second-order valence-corrected chi connectivity index (χ2v) is 8.10. The zero-order chi connectivity index (χ0) is 19.8. The van der Waals surface area contributed by atoms with E-state index < -0.39 is 11.5 Å². The number of ether oxygens (including phenoxy) is 1. The van der Waals surface area contributed by atoms with Gasteiger partial charge in [-0.15, -0.1) is 0 Å². The molecule has 0 bridgehead atoms. The first-order chi connectivity index (χ1) is 13.5. The van der Waals surface area contributed by atoms with Gasteiger partial charge in [-0.3, -0.25) is 4.79 Å². The highest BCUT2D eigenvalue weighted by atomic mass is 35.5. The van der Waals surface area contributed by atoms with Gasteiger partial charge >= 0.3 is 5.97 Å². The highest BCUT2D eigenvalue weighted by molar-refractivity contribution is 7.98. The molecule has 144 valence electrons. The van der Waals surface area contributed by atoms with Gasteiger partial charge < -0.3 is 9.30 Å². The fourth-order valence-electron chi connectivity index (χ4n) is 3.09. The summed E-state index contributed by atoms with van der Waals surface area (Å²) in [5, 5.41) is 1.52. The summed E-state index contributed by atoms with van der Waals surface area (Å²) in [7, 11) is 1.30. The molecule has 0 unspecified atom stereocenters. The molecule has 0 N–H and O–H groups in total. The number of rotatable bonds is 5. The van der Waals surface area contributed by atoms with Crippen LogP contribution in [0, 0.1) is 6.92 Å². The highest BCUT2D eigenvalue weighted by Crippen LogP contribution is 2.40. The number of carbonyl (C=O) groups is 1. The number of aryl methyl sites for hydroxylation is 1. The number of methoxy groups -OCH3 is 1. The van der Waals surface area contributed by atoms with E-state index in [2.05, 4.69) is 9.97 Å². The van der Waals surface area contributed by atoms with E-state index in [1.165, 1.54) is 18.9 Å². The van der Waals surface area contributed by atoms with E-state index in [9.17, 15) is 9.59 Å². The predicted octanol–water partition coefficient (Wildman–Crippen LogP) is 4.17. The summed E-state index contributed by atoms with van der Waals surface area (Å²) in [6.45, 7) is 1.80. The molecule has 28 heavy (non-hydrogen) atoms. The number of nitrogens with zero attached hydrogens (tertiary/aromatic N) is 3. The molecule has 3 aromatic rings. The second kappa shape index (κ2) is 7.56. The van der Waals surface area contributed by atoms with Crippen LogP contribution >= 0.6 is 23.4 Å². The topological polar surface area (TPSA) is 74.1 Å². The quantitative estimate of drug-likeness (QED) is 0.354. The van der Waals surface area contributed by atoms with Crippen molar-refractivity contribution in [1.82, 2.24) is 14.5 Å². The standard InChI is InChI=1S/C20H18ClN3O3S/c1-11-9-15(19(26)27-2)16-17(22-11)24(14-7-8-14)20(23-18(16)25)28-10-12-3-5-13(21)6-4-12/h3-6,9,14H,7-8,10H2,1-2H3. The van der Waals surface area contributed by atoms with Gasteiger partial charge in [-0.25, -0.2) is 9.78 Å². The van der Waals surface area contributed by atoms with Gasteiger partial charge in [0, 0.05) is 22.5 Å². The number of carbonyl (C=O) groups excluding carboxylic acids is 1. The lowest BCUT2D eigenvalue weighted by molar-refractivity contribution is 0.0602. The third-order valence-electron chi connectivity index (χ3n) is 4.57. The van der Waals surface area contributed by atoms with E-state index in [1.54, 1.807) is 13.0 Å². The van der Waals surface area contributed by atoms with Crippen molar-refractivity contribution < 1.29 is 9.53 Å². The Labute approximate surface area is 170 Å². The lowest BCUT2D eigenvalue weighted by Crippen LogP contribution is -2.20. The van der Waals surface area contributed by atoms with Gasteiger partial charge in [0.15, 0.2) is 5.16 Å². The van der Waals surface area contributed by atoms with Crippen molar-refractivity contribution in [2.24, 2.45) is 0 Å². The van der Waals surface area contributed by atoms with Gasteiger partial charge in [-0.2, -0.15) is 4.98 Å². The van der Waals surface area contributed by atoms with Crippen LogP contribution in [0.1, 0.15) is 40.5 Å². The van der Waals surface area contributed by atoms with Crippen molar-refractivity contribution in [3.63, 3.8) is 0 Å². The van der Waals surface area contributed by atoms with Crippen LogP contribution in [0.4, 0.5) is 0 Å². The second-order valence-electron chi connectivity index (χ2n) is 6.72. The maximum Gasteiger partial charge on any atom is 0.338 e. The summed E-state index contributed by atoms with van der Waals surface area (Å²) in [4.78, 5) is 33.9.